The number of rotatable bonds is 5. The molecular formula is C19H19FN6O2. The number of hydrogen-bond donors (Lipinski definition) is 0. The number of carbonyl (C=O) groups is 1. The van der Waals surface area contributed by atoms with E-state index in [1.807, 2.05) is 12.1 Å². The number of nitrogens with zero attached hydrogens (tertiary/aromatic N) is 6. The van der Waals surface area contributed by atoms with Gasteiger partial charge in [-0.15, -0.1) is 10.2 Å². The van der Waals surface area contributed by atoms with Gasteiger partial charge in [-0.25, -0.2) is 9.07 Å². The molecular weight excluding hydrogens is 363 g/mol. The lowest BCUT2D eigenvalue weighted by atomic mass is 10.2. The average molecular weight is 382 g/mol. The van der Waals surface area contributed by atoms with Gasteiger partial charge in [-0.3, -0.25) is 9.78 Å². The molecule has 8 nitrogen and oxygen atoms in total. The summed E-state index contributed by atoms with van der Waals surface area (Å²) in [7, 11) is 1.50. The first kappa shape index (κ1) is 18.0. The third-order valence-electron chi connectivity index (χ3n) is 4.72. The van der Waals surface area contributed by atoms with Crippen LogP contribution in [-0.2, 0) is 0 Å². The molecule has 3 aromatic heterocycles. The second kappa shape index (κ2) is 7.71. The topological polar surface area (TPSA) is 86.0 Å². The van der Waals surface area contributed by atoms with Gasteiger partial charge < -0.3 is 9.64 Å². The van der Waals surface area contributed by atoms with Crippen molar-refractivity contribution in [1.29, 1.82) is 0 Å². The Kier molecular flexibility index (Phi) is 4.96. The van der Waals surface area contributed by atoms with Crippen molar-refractivity contribution < 1.29 is 13.9 Å². The highest BCUT2D eigenvalue weighted by molar-refractivity contribution is 5.94. The lowest BCUT2D eigenvalue weighted by Crippen LogP contribution is -2.37. The third-order valence-corrected chi connectivity index (χ3v) is 4.72. The van der Waals surface area contributed by atoms with Crippen LogP contribution in [0.3, 0.4) is 0 Å². The Bertz CT molecular complexity index is 960. The quantitative estimate of drug-likeness (QED) is 0.673. The number of likely N-dealkylation sites (tertiary alicyclic amines) is 1. The molecule has 0 aromatic carbocycles. The van der Waals surface area contributed by atoms with Crippen LogP contribution in [0.2, 0.25) is 0 Å². The number of carbonyl (C=O) groups excluding carboxylic acids is 1. The van der Waals surface area contributed by atoms with Crippen molar-refractivity contribution in [2.24, 2.45) is 0 Å². The minimum atomic E-state index is -0.552. The van der Waals surface area contributed by atoms with E-state index >= 15 is 0 Å². The molecule has 0 N–H and O–H groups in total. The van der Waals surface area contributed by atoms with Gasteiger partial charge in [0, 0.05) is 18.8 Å². The lowest BCUT2D eigenvalue weighted by Gasteiger charge is -2.21. The molecule has 4 heterocycles. The van der Waals surface area contributed by atoms with Gasteiger partial charge >= 0.3 is 0 Å². The van der Waals surface area contributed by atoms with Crippen LogP contribution in [0.1, 0.15) is 23.3 Å². The molecule has 144 valence electrons. The Morgan fingerprint density at radius 2 is 2.18 bits per heavy atom. The fraction of sp³-hybridized carbons (Fsp3) is 0.316. The van der Waals surface area contributed by atoms with Crippen molar-refractivity contribution >= 4 is 5.91 Å². The van der Waals surface area contributed by atoms with Gasteiger partial charge in [0.05, 0.1) is 24.5 Å². The van der Waals surface area contributed by atoms with Gasteiger partial charge in [-0.05, 0) is 37.1 Å². The summed E-state index contributed by atoms with van der Waals surface area (Å²) in [6.07, 6.45) is 3.12. The number of methoxy groups -OCH3 is 1. The van der Waals surface area contributed by atoms with Crippen molar-refractivity contribution in [1.82, 2.24) is 29.9 Å². The van der Waals surface area contributed by atoms with E-state index in [0.29, 0.717) is 36.1 Å². The molecule has 1 saturated heterocycles. The number of ether oxygens (including phenoxy) is 1. The normalized spacial score (nSPS) is 16.4. The summed E-state index contributed by atoms with van der Waals surface area (Å²) in [6, 6.07) is 10.1. The average Bonchev–Trinajstić information content (AvgIpc) is 3.41. The molecule has 0 radical (unpaired) electrons. The molecule has 0 aliphatic carbocycles. The number of halogens is 1. The van der Waals surface area contributed by atoms with Crippen LogP contribution in [0, 0.1) is 0 Å². The zero-order valence-electron chi connectivity index (χ0n) is 15.3. The summed E-state index contributed by atoms with van der Waals surface area (Å²) in [5, 5.41) is 12.5. The highest BCUT2D eigenvalue weighted by Crippen LogP contribution is 2.25. The largest absolute Gasteiger partial charge is 0.480 e. The highest BCUT2D eigenvalue weighted by atomic mass is 19.1. The summed E-state index contributed by atoms with van der Waals surface area (Å²) in [5.74, 6) is 0.496. The Hall–Kier alpha value is -3.36. The Balaban J connectivity index is 1.77. The molecule has 1 fully saturated rings. The first-order chi connectivity index (χ1) is 13.7. The predicted molar refractivity (Wildman–Crippen MR) is 99.0 cm³/mol. The zero-order chi connectivity index (χ0) is 19.5. The Morgan fingerprint density at radius 1 is 1.29 bits per heavy atom. The molecule has 1 aliphatic rings. The smallest absolute Gasteiger partial charge is 0.274 e. The molecule has 1 amide bonds. The van der Waals surface area contributed by atoms with Crippen LogP contribution >= 0.6 is 0 Å². The second-order valence-corrected chi connectivity index (χ2v) is 6.42. The van der Waals surface area contributed by atoms with Crippen molar-refractivity contribution in [3.63, 3.8) is 0 Å². The van der Waals surface area contributed by atoms with E-state index in [1.165, 1.54) is 11.8 Å². The molecule has 1 aliphatic heterocycles. The molecule has 28 heavy (non-hydrogen) atoms. The first-order valence-electron chi connectivity index (χ1n) is 8.97. The third kappa shape index (κ3) is 3.30. The lowest BCUT2D eigenvalue weighted by molar-refractivity contribution is 0.0710. The van der Waals surface area contributed by atoms with Crippen molar-refractivity contribution in [2.75, 3.05) is 20.3 Å². The van der Waals surface area contributed by atoms with E-state index in [1.54, 1.807) is 35.4 Å². The molecule has 0 spiro atoms. The van der Waals surface area contributed by atoms with Gasteiger partial charge in [0.1, 0.15) is 6.67 Å². The molecule has 0 saturated carbocycles. The molecule has 9 heteroatoms. The van der Waals surface area contributed by atoms with E-state index in [2.05, 4.69) is 20.3 Å². The minimum Gasteiger partial charge on any atom is -0.480 e. The molecule has 3 aromatic rings. The fourth-order valence-electron chi connectivity index (χ4n) is 3.30. The van der Waals surface area contributed by atoms with Crippen LogP contribution in [0.4, 0.5) is 4.39 Å². The maximum Gasteiger partial charge on any atom is 0.274 e. The number of aromatic nitrogens is 5. The number of alkyl halides is 1. The predicted octanol–water partition coefficient (Wildman–Crippen LogP) is 2.31. The van der Waals surface area contributed by atoms with Crippen LogP contribution in [0.15, 0.2) is 42.6 Å². The van der Waals surface area contributed by atoms with E-state index < -0.39 is 12.7 Å². The van der Waals surface area contributed by atoms with Crippen LogP contribution in [0.25, 0.3) is 17.2 Å². The van der Waals surface area contributed by atoms with Crippen molar-refractivity contribution in [3.8, 4) is 23.1 Å². The zero-order valence-corrected chi connectivity index (χ0v) is 15.3. The molecule has 1 atom stereocenters. The molecule has 4 rings (SSSR count). The van der Waals surface area contributed by atoms with Crippen molar-refractivity contribution in [3.05, 3.63) is 48.3 Å². The van der Waals surface area contributed by atoms with Crippen LogP contribution < -0.4 is 4.74 Å². The minimum absolute atomic E-state index is 0.221. The Morgan fingerprint density at radius 3 is 2.86 bits per heavy atom. The van der Waals surface area contributed by atoms with Gasteiger partial charge in [-0.2, -0.15) is 5.10 Å². The number of hydrogen-bond acceptors (Lipinski definition) is 6. The summed E-state index contributed by atoms with van der Waals surface area (Å²) in [5.41, 5.74) is 1.45. The summed E-state index contributed by atoms with van der Waals surface area (Å²) >= 11 is 0. The molecule has 0 unspecified atom stereocenters. The van der Waals surface area contributed by atoms with Crippen molar-refractivity contribution in [2.45, 2.75) is 18.9 Å². The highest BCUT2D eigenvalue weighted by Gasteiger charge is 2.31. The van der Waals surface area contributed by atoms with E-state index in [0.717, 1.165) is 6.42 Å². The maximum absolute atomic E-state index is 13.3. The van der Waals surface area contributed by atoms with Gasteiger partial charge in [0.2, 0.25) is 5.88 Å². The first-order valence-corrected chi connectivity index (χ1v) is 8.97. The maximum atomic E-state index is 13.3. The SMILES string of the molecule is COc1ccc(-n2nc(C(=O)N3CCC[C@@H]3CF)cc2-c2ccccn2)nn1. The van der Waals surface area contributed by atoms with E-state index in [4.69, 9.17) is 4.74 Å². The van der Waals surface area contributed by atoms with E-state index in [-0.39, 0.29) is 11.6 Å². The van der Waals surface area contributed by atoms with Crippen LogP contribution in [0.5, 0.6) is 5.88 Å². The standard InChI is InChI=1S/C19H19FN6O2/c1-28-18-8-7-17(22-23-18)26-16(14-6-2-3-9-21-14)11-15(24-26)19(27)25-10-4-5-13(25)12-20/h2-3,6-9,11,13H,4-5,10,12H2,1H3/t13-/m1/s1. The summed E-state index contributed by atoms with van der Waals surface area (Å²) in [6.45, 7) is -0.0228. The number of amides is 1. The fourth-order valence-corrected chi connectivity index (χ4v) is 3.30. The monoisotopic (exact) mass is 382 g/mol. The molecule has 0 bridgehead atoms. The van der Waals surface area contributed by atoms with Gasteiger partial charge in [-0.1, -0.05) is 6.07 Å². The number of pyridine rings is 1. The summed E-state index contributed by atoms with van der Waals surface area (Å²) in [4.78, 5) is 18.9. The second-order valence-electron chi connectivity index (χ2n) is 6.42. The van der Waals surface area contributed by atoms with Crippen LogP contribution in [-0.4, -0.2) is 62.1 Å². The summed E-state index contributed by atoms with van der Waals surface area (Å²) < 4.78 is 19.8. The Labute approximate surface area is 161 Å². The van der Waals surface area contributed by atoms with E-state index in [9.17, 15) is 9.18 Å². The van der Waals surface area contributed by atoms with Gasteiger partial charge in [0.25, 0.3) is 5.91 Å². The van der Waals surface area contributed by atoms with Gasteiger partial charge in [0.15, 0.2) is 11.5 Å².